The SMILES string of the molecule is CC(C)NOc1cc(NC(=O)c2ccccc2N)c(F)cc1Cl. The van der Waals surface area contributed by atoms with Crippen LogP contribution in [0.1, 0.15) is 24.2 Å². The van der Waals surface area contributed by atoms with Crippen LogP contribution < -0.4 is 21.4 Å². The molecule has 0 saturated heterocycles. The first-order valence-corrected chi connectivity index (χ1v) is 7.33. The molecule has 0 aromatic heterocycles. The molecule has 122 valence electrons. The predicted molar refractivity (Wildman–Crippen MR) is 89.1 cm³/mol. The van der Waals surface area contributed by atoms with Crippen molar-refractivity contribution in [2.45, 2.75) is 19.9 Å². The van der Waals surface area contributed by atoms with E-state index in [0.29, 0.717) is 5.69 Å². The number of benzene rings is 2. The first-order chi connectivity index (χ1) is 10.9. The summed E-state index contributed by atoms with van der Waals surface area (Å²) < 4.78 is 14.0. The standard InChI is InChI=1S/C16H17ClFN3O2/c1-9(2)21-23-15-8-14(12(18)7-11(15)17)20-16(22)10-5-3-4-6-13(10)19/h3-9,21H,19H2,1-2H3,(H,20,22). The smallest absolute Gasteiger partial charge is 0.257 e. The molecule has 5 nitrogen and oxygen atoms in total. The highest BCUT2D eigenvalue weighted by Gasteiger charge is 2.15. The van der Waals surface area contributed by atoms with Crippen molar-refractivity contribution in [3.63, 3.8) is 0 Å². The molecule has 23 heavy (non-hydrogen) atoms. The highest BCUT2D eigenvalue weighted by Crippen LogP contribution is 2.30. The molecule has 2 rings (SSSR count). The van der Waals surface area contributed by atoms with Crippen LogP contribution in [0, 0.1) is 5.82 Å². The molecule has 0 aliphatic heterocycles. The van der Waals surface area contributed by atoms with Gasteiger partial charge in [-0.15, -0.1) is 0 Å². The fourth-order valence-electron chi connectivity index (χ4n) is 1.78. The van der Waals surface area contributed by atoms with Gasteiger partial charge in [-0.05, 0) is 32.0 Å². The van der Waals surface area contributed by atoms with Gasteiger partial charge < -0.3 is 15.9 Å². The average molecular weight is 338 g/mol. The fourth-order valence-corrected chi connectivity index (χ4v) is 1.97. The number of rotatable bonds is 5. The third kappa shape index (κ3) is 4.34. The lowest BCUT2D eigenvalue weighted by molar-refractivity contribution is 0.102. The highest BCUT2D eigenvalue weighted by atomic mass is 35.5. The molecule has 7 heteroatoms. The van der Waals surface area contributed by atoms with Crippen molar-refractivity contribution in [2.75, 3.05) is 11.1 Å². The lowest BCUT2D eigenvalue weighted by Gasteiger charge is -2.14. The van der Waals surface area contributed by atoms with Crippen LogP contribution in [0.3, 0.4) is 0 Å². The lowest BCUT2D eigenvalue weighted by Crippen LogP contribution is -2.26. The topological polar surface area (TPSA) is 76.4 Å². The molecule has 0 fully saturated rings. The van der Waals surface area contributed by atoms with Crippen LogP contribution in [-0.2, 0) is 0 Å². The maximum Gasteiger partial charge on any atom is 0.257 e. The first-order valence-electron chi connectivity index (χ1n) is 6.95. The van der Waals surface area contributed by atoms with Gasteiger partial charge >= 0.3 is 0 Å². The van der Waals surface area contributed by atoms with E-state index in [2.05, 4.69) is 10.8 Å². The minimum atomic E-state index is -0.672. The number of anilines is 2. The number of nitrogens with one attached hydrogen (secondary N) is 2. The molecular weight excluding hydrogens is 321 g/mol. The second-order valence-electron chi connectivity index (χ2n) is 5.18. The van der Waals surface area contributed by atoms with Gasteiger partial charge in [-0.1, -0.05) is 23.7 Å². The van der Waals surface area contributed by atoms with Crippen molar-refractivity contribution in [2.24, 2.45) is 0 Å². The van der Waals surface area contributed by atoms with Gasteiger partial charge in [0, 0.05) is 17.8 Å². The molecule has 0 heterocycles. The van der Waals surface area contributed by atoms with Gasteiger partial charge in [0.25, 0.3) is 5.91 Å². The number of nitrogens with two attached hydrogens (primary N) is 1. The van der Waals surface area contributed by atoms with Crippen LogP contribution in [0.15, 0.2) is 36.4 Å². The maximum atomic E-state index is 14.0. The molecule has 0 aliphatic carbocycles. The minimum Gasteiger partial charge on any atom is -0.407 e. The van der Waals surface area contributed by atoms with Gasteiger partial charge in [0.05, 0.1) is 16.3 Å². The lowest BCUT2D eigenvalue weighted by atomic mass is 10.1. The van der Waals surface area contributed by atoms with Crippen molar-refractivity contribution >= 4 is 28.9 Å². The Kier molecular flexibility index (Phi) is 5.41. The van der Waals surface area contributed by atoms with Gasteiger partial charge in [0.2, 0.25) is 0 Å². The van der Waals surface area contributed by atoms with Crippen molar-refractivity contribution in [1.29, 1.82) is 0 Å². The summed E-state index contributed by atoms with van der Waals surface area (Å²) in [6, 6.07) is 8.94. The maximum absolute atomic E-state index is 14.0. The van der Waals surface area contributed by atoms with Gasteiger partial charge in [-0.2, -0.15) is 5.48 Å². The van der Waals surface area contributed by atoms with E-state index >= 15 is 0 Å². The summed E-state index contributed by atoms with van der Waals surface area (Å²) in [6.07, 6.45) is 0. The zero-order valence-corrected chi connectivity index (χ0v) is 13.4. The van der Waals surface area contributed by atoms with E-state index in [1.54, 1.807) is 24.3 Å². The first kappa shape index (κ1) is 17.1. The van der Waals surface area contributed by atoms with E-state index in [9.17, 15) is 9.18 Å². The molecule has 0 unspecified atom stereocenters. The third-order valence-electron chi connectivity index (χ3n) is 2.88. The highest BCUT2D eigenvalue weighted by molar-refractivity contribution is 6.32. The number of halogens is 2. The summed E-state index contributed by atoms with van der Waals surface area (Å²) in [4.78, 5) is 17.5. The number of hydrogen-bond donors (Lipinski definition) is 3. The van der Waals surface area contributed by atoms with E-state index < -0.39 is 11.7 Å². The van der Waals surface area contributed by atoms with Crippen LogP contribution >= 0.6 is 11.6 Å². The van der Waals surface area contributed by atoms with Crippen LogP contribution in [0.2, 0.25) is 5.02 Å². The molecule has 2 aromatic carbocycles. The Labute approximate surface area is 138 Å². The number of hydroxylamine groups is 1. The van der Waals surface area contributed by atoms with Crippen molar-refractivity contribution in [3.8, 4) is 5.75 Å². The van der Waals surface area contributed by atoms with Gasteiger partial charge in [0.1, 0.15) is 5.82 Å². The fraction of sp³-hybridized carbons (Fsp3) is 0.188. The number of para-hydroxylation sites is 1. The molecule has 0 saturated carbocycles. The molecule has 0 bridgehead atoms. The van der Waals surface area contributed by atoms with Gasteiger partial charge in [-0.3, -0.25) is 4.79 Å². The van der Waals surface area contributed by atoms with Crippen molar-refractivity contribution in [3.05, 3.63) is 52.8 Å². The number of nitrogen functional groups attached to an aromatic ring is 1. The van der Waals surface area contributed by atoms with E-state index in [0.717, 1.165) is 6.07 Å². The van der Waals surface area contributed by atoms with Gasteiger partial charge in [0.15, 0.2) is 5.75 Å². The minimum absolute atomic E-state index is 0.0401. The molecular formula is C16H17ClFN3O2. The summed E-state index contributed by atoms with van der Waals surface area (Å²) in [5, 5.41) is 2.55. The summed E-state index contributed by atoms with van der Waals surface area (Å²) >= 11 is 5.93. The zero-order valence-electron chi connectivity index (χ0n) is 12.7. The normalized spacial score (nSPS) is 10.7. The summed E-state index contributed by atoms with van der Waals surface area (Å²) in [6.45, 7) is 3.75. The molecule has 2 aromatic rings. The zero-order chi connectivity index (χ0) is 17.0. The number of hydrogen-bond acceptors (Lipinski definition) is 4. The second-order valence-corrected chi connectivity index (χ2v) is 5.59. The molecule has 1 amide bonds. The summed E-state index contributed by atoms with van der Waals surface area (Å²) in [7, 11) is 0. The Hall–Kier alpha value is -2.31. The number of amides is 1. The Morgan fingerprint density at radius 2 is 2.00 bits per heavy atom. The van der Waals surface area contributed by atoms with Crippen molar-refractivity contribution < 1.29 is 14.0 Å². The molecule has 0 atom stereocenters. The van der Waals surface area contributed by atoms with Crippen LogP contribution in [-0.4, -0.2) is 11.9 Å². The summed E-state index contributed by atoms with van der Waals surface area (Å²) in [5.41, 5.74) is 8.95. The Balaban J connectivity index is 2.24. The largest absolute Gasteiger partial charge is 0.407 e. The monoisotopic (exact) mass is 337 g/mol. The molecule has 4 N–H and O–H groups in total. The molecule has 0 spiro atoms. The Bertz CT molecular complexity index is 722. The van der Waals surface area contributed by atoms with E-state index in [1.165, 1.54) is 6.07 Å². The third-order valence-corrected chi connectivity index (χ3v) is 3.18. The number of carbonyl (C=O) groups is 1. The average Bonchev–Trinajstić information content (AvgIpc) is 2.49. The van der Waals surface area contributed by atoms with Crippen molar-refractivity contribution in [1.82, 2.24) is 5.48 Å². The van der Waals surface area contributed by atoms with Crippen LogP contribution in [0.4, 0.5) is 15.8 Å². The Morgan fingerprint density at radius 3 is 2.65 bits per heavy atom. The summed E-state index contributed by atoms with van der Waals surface area (Å²) in [5.74, 6) is -0.986. The number of carbonyl (C=O) groups excluding carboxylic acids is 1. The van der Waals surface area contributed by atoms with E-state index in [1.807, 2.05) is 13.8 Å². The van der Waals surface area contributed by atoms with Gasteiger partial charge in [-0.25, -0.2) is 4.39 Å². The van der Waals surface area contributed by atoms with E-state index in [4.69, 9.17) is 22.2 Å². The predicted octanol–water partition coefficient (Wildman–Crippen LogP) is 3.61. The molecule has 0 aliphatic rings. The quantitative estimate of drug-likeness (QED) is 0.575. The van der Waals surface area contributed by atoms with E-state index in [-0.39, 0.29) is 28.1 Å². The van der Waals surface area contributed by atoms with Crippen LogP contribution in [0.25, 0.3) is 0 Å². The molecule has 0 radical (unpaired) electrons. The van der Waals surface area contributed by atoms with Crippen LogP contribution in [0.5, 0.6) is 5.75 Å². The Morgan fingerprint density at radius 1 is 1.30 bits per heavy atom. The second kappa shape index (κ2) is 7.30.